The Labute approximate surface area is 226 Å². The molecule has 2 aromatic carbocycles. The van der Waals surface area contributed by atoms with Crippen molar-refractivity contribution in [2.75, 3.05) is 30.4 Å². The third-order valence-electron chi connectivity index (χ3n) is 8.25. The number of nitrogens with zero attached hydrogens (tertiary/aromatic N) is 1. The normalized spacial score (nSPS) is 31.3. The molecular weight excluding hydrogens is 510 g/mol. The molecule has 3 aliphatic heterocycles. The molecule has 2 bridgehead atoms. The van der Waals surface area contributed by atoms with Crippen molar-refractivity contribution in [3.8, 4) is 5.75 Å². The number of fused-ring (bicyclic) bond motifs is 1. The van der Waals surface area contributed by atoms with Crippen LogP contribution in [0.3, 0.4) is 0 Å². The molecule has 0 saturated carbocycles. The molecule has 5 rings (SSSR count). The Morgan fingerprint density at radius 3 is 2.53 bits per heavy atom. The molecule has 3 aliphatic rings. The second kappa shape index (κ2) is 9.87. The van der Waals surface area contributed by atoms with E-state index in [0.29, 0.717) is 35.2 Å². The summed E-state index contributed by atoms with van der Waals surface area (Å²) in [5.41, 5.74) is -1.19. The van der Waals surface area contributed by atoms with Crippen LogP contribution >= 0.6 is 11.6 Å². The standard InChI is InChI=1S/C28H32ClN3O6/c1-4-37-18-11-9-17(10-12-18)30-24(34)21-22-26(36)32(13-14-33)23(28(22)15-16(2)27(21,3)38-28)25(35)31-20-8-6-5-7-19(20)29/h5-12,16,21-23,33H,4,13-15H2,1-3H3,(H,30,34)(H,31,35)/t16?,21-,22+,23?,27+,28?/m1/s1. The van der Waals surface area contributed by atoms with E-state index in [1.54, 1.807) is 48.5 Å². The van der Waals surface area contributed by atoms with Gasteiger partial charge in [-0.2, -0.15) is 0 Å². The third-order valence-corrected chi connectivity index (χ3v) is 8.58. The molecule has 0 aliphatic carbocycles. The van der Waals surface area contributed by atoms with Crippen molar-refractivity contribution in [1.29, 1.82) is 0 Å². The fraction of sp³-hybridized carbons (Fsp3) is 0.464. The molecule has 38 heavy (non-hydrogen) atoms. The largest absolute Gasteiger partial charge is 0.494 e. The summed E-state index contributed by atoms with van der Waals surface area (Å²) in [6.07, 6.45) is 0.426. The number of hydrogen-bond acceptors (Lipinski definition) is 6. The molecular formula is C28H32ClN3O6. The Morgan fingerprint density at radius 1 is 1.16 bits per heavy atom. The van der Waals surface area contributed by atoms with Crippen molar-refractivity contribution in [3.05, 3.63) is 53.6 Å². The topological polar surface area (TPSA) is 117 Å². The van der Waals surface area contributed by atoms with E-state index >= 15 is 0 Å². The molecule has 6 atom stereocenters. The molecule has 3 heterocycles. The molecule has 3 fully saturated rings. The van der Waals surface area contributed by atoms with Gasteiger partial charge in [0.2, 0.25) is 17.7 Å². The average molecular weight is 542 g/mol. The number of aliphatic hydroxyl groups is 1. The van der Waals surface area contributed by atoms with Crippen LogP contribution < -0.4 is 15.4 Å². The molecule has 3 unspecified atom stereocenters. The molecule has 3 amide bonds. The number of amides is 3. The summed E-state index contributed by atoms with van der Waals surface area (Å²) in [6.45, 7) is 5.86. The van der Waals surface area contributed by atoms with Crippen LogP contribution in [0.4, 0.5) is 11.4 Å². The zero-order chi connectivity index (χ0) is 27.2. The number of carbonyl (C=O) groups excluding carboxylic acids is 3. The quantitative estimate of drug-likeness (QED) is 0.472. The number of β-amino-alcohol motifs (C(OH)–C–C–N with tert-alkyl or cyclic N) is 1. The highest BCUT2D eigenvalue weighted by molar-refractivity contribution is 6.33. The molecule has 202 valence electrons. The number of anilines is 2. The summed E-state index contributed by atoms with van der Waals surface area (Å²) >= 11 is 6.28. The molecule has 2 aromatic rings. The predicted molar refractivity (Wildman–Crippen MR) is 142 cm³/mol. The van der Waals surface area contributed by atoms with Crippen molar-refractivity contribution in [2.24, 2.45) is 17.8 Å². The molecule has 0 aromatic heterocycles. The minimum atomic E-state index is -1.22. The number of para-hydroxylation sites is 1. The fourth-order valence-electron chi connectivity index (χ4n) is 6.57. The predicted octanol–water partition coefficient (Wildman–Crippen LogP) is 3.32. The Hall–Kier alpha value is -3.14. The van der Waals surface area contributed by atoms with Gasteiger partial charge in [-0.15, -0.1) is 0 Å². The number of rotatable bonds is 8. The summed E-state index contributed by atoms with van der Waals surface area (Å²) in [5.74, 6) is -2.31. The van der Waals surface area contributed by atoms with Gasteiger partial charge >= 0.3 is 0 Å². The maximum Gasteiger partial charge on any atom is 0.250 e. The molecule has 0 radical (unpaired) electrons. The lowest BCUT2D eigenvalue weighted by atomic mass is 9.62. The Balaban J connectivity index is 1.48. The Bertz CT molecular complexity index is 1260. The summed E-state index contributed by atoms with van der Waals surface area (Å²) in [6, 6.07) is 12.8. The van der Waals surface area contributed by atoms with Gasteiger partial charge in [0.15, 0.2) is 0 Å². The highest BCUT2D eigenvalue weighted by atomic mass is 35.5. The molecule has 10 heteroatoms. The van der Waals surface area contributed by atoms with Gasteiger partial charge in [-0.25, -0.2) is 0 Å². The number of nitrogens with one attached hydrogen (secondary N) is 2. The number of aliphatic hydroxyl groups excluding tert-OH is 1. The van der Waals surface area contributed by atoms with E-state index in [-0.39, 0.29) is 30.9 Å². The van der Waals surface area contributed by atoms with Crippen LogP contribution in [0.5, 0.6) is 5.75 Å². The lowest BCUT2D eigenvalue weighted by molar-refractivity contribution is -0.144. The summed E-state index contributed by atoms with van der Waals surface area (Å²) in [4.78, 5) is 42.7. The van der Waals surface area contributed by atoms with Crippen LogP contribution in [0.25, 0.3) is 0 Å². The SMILES string of the molecule is CCOc1ccc(NC(=O)[C@H]2[C@H]3C(=O)N(CCO)C(C(=O)Nc4ccccc4Cl)C34CC(C)[C@]2(C)O4)cc1. The van der Waals surface area contributed by atoms with Gasteiger partial charge in [-0.05, 0) is 62.6 Å². The van der Waals surface area contributed by atoms with E-state index in [1.807, 2.05) is 20.8 Å². The van der Waals surface area contributed by atoms with Crippen LogP contribution in [0.2, 0.25) is 5.02 Å². The van der Waals surface area contributed by atoms with Crippen LogP contribution in [-0.2, 0) is 19.1 Å². The second-order valence-electron chi connectivity index (χ2n) is 10.4. The first kappa shape index (κ1) is 26.5. The third kappa shape index (κ3) is 4.04. The van der Waals surface area contributed by atoms with Gasteiger partial charge in [0.25, 0.3) is 0 Å². The van der Waals surface area contributed by atoms with E-state index in [2.05, 4.69) is 10.6 Å². The van der Waals surface area contributed by atoms with Gasteiger partial charge in [-0.1, -0.05) is 30.7 Å². The number of benzene rings is 2. The number of ether oxygens (including phenoxy) is 2. The Morgan fingerprint density at radius 2 is 1.87 bits per heavy atom. The summed E-state index contributed by atoms with van der Waals surface area (Å²) in [5, 5.41) is 15.9. The van der Waals surface area contributed by atoms with Crippen molar-refractivity contribution in [2.45, 2.75) is 44.4 Å². The monoisotopic (exact) mass is 541 g/mol. The van der Waals surface area contributed by atoms with Crippen molar-refractivity contribution in [1.82, 2.24) is 4.90 Å². The van der Waals surface area contributed by atoms with Crippen LogP contribution in [0, 0.1) is 17.8 Å². The minimum absolute atomic E-state index is 0.0562. The van der Waals surface area contributed by atoms with Crippen molar-refractivity contribution >= 4 is 40.7 Å². The number of hydrogen-bond donors (Lipinski definition) is 3. The maximum absolute atomic E-state index is 13.9. The summed E-state index contributed by atoms with van der Waals surface area (Å²) in [7, 11) is 0. The summed E-state index contributed by atoms with van der Waals surface area (Å²) < 4.78 is 12.1. The maximum atomic E-state index is 13.9. The van der Waals surface area contributed by atoms with Gasteiger partial charge < -0.3 is 30.1 Å². The van der Waals surface area contributed by atoms with Crippen LogP contribution in [0.1, 0.15) is 27.2 Å². The molecule has 3 N–H and O–H groups in total. The van der Waals surface area contributed by atoms with E-state index in [1.165, 1.54) is 4.90 Å². The smallest absolute Gasteiger partial charge is 0.250 e. The first-order chi connectivity index (χ1) is 18.2. The van der Waals surface area contributed by atoms with Crippen LogP contribution in [-0.4, -0.2) is 64.7 Å². The first-order valence-corrected chi connectivity index (χ1v) is 13.2. The number of carbonyl (C=O) groups is 3. The lowest BCUT2D eigenvalue weighted by Gasteiger charge is -2.36. The fourth-order valence-corrected chi connectivity index (χ4v) is 6.76. The van der Waals surface area contributed by atoms with Gasteiger partial charge in [0.05, 0.1) is 41.4 Å². The van der Waals surface area contributed by atoms with E-state index in [9.17, 15) is 19.5 Å². The highest BCUT2D eigenvalue weighted by Gasteiger charge is 2.79. The number of halogens is 1. The first-order valence-electron chi connectivity index (χ1n) is 12.9. The Kier molecular flexibility index (Phi) is 6.87. The van der Waals surface area contributed by atoms with E-state index in [0.717, 1.165) is 0 Å². The van der Waals surface area contributed by atoms with Gasteiger partial charge in [-0.3, -0.25) is 14.4 Å². The lowest BCUT2D eigenvalue weighted by Crippen LogP contribution is -2.54. The van der Waals surface area contributed by atoms with Crippen LogP contribution in [0.15, 0.2) is 48.5 Å². The number of likely N-dealkylation sites (tertiary alicyclic amines) is 1. The molecule has 1 spiro atoms. The minimum Gasteiger partial charge on any atom is -0.494 e. The molecule has 3 saturated heterocycles. The zero-order valence-electron chi connectivity index (χ0n) is 21.6. The van der Waals surface area contributed by atoms with E-state index < -0.39 is 35.0 Å². The van der Waals surface area contributed by atoms with E-state index in [4.69, 9.17) is 21.1 Å². The zero-order valence-corrected chi connectivity index (χ0v) is 22.3. The molecule has 9 nitrogen and oxygen atoms in total. The van der Waals surface area contributed by atoms with Crippen molar-refractivity contribution < 1.29 is 29.0 Å². The van der Waals surface area contributed by atoms with Gasteiger partial charge in [0.1, 0.15) is 17.4 Å². The highest BCUT2D eigenvalue weighted by Crippen LogP contribution is 2.65. The average Bonchev–Trinajstić information content (AvgIpc) is 3.39. The second-order valence-corrected chi connectivity index (χ2v) is 10.8. The van der Waals surface area contributed by atoms with Crippen molar-refractivity contribution in [3.63, 3.8) is 0 Å². The van der Waals surface area contributed by atoms with Gasteiger partial charge in [0, 0.05) is 12.2 Å².